The number of carboxylic acids is 1. The minimum Gasteiger partial charge on any atom is -0.481 e. The molecule has 2 aromatic carbocycles. The average Bonchev–Trinajstić information content (AvgIpc) is 4.05. The van der Waals surface area contributed by atoms with Crippen molar-refractivity contribution in [1.82, 2.24) is 19.9 Å². The lowest BCUT2D eigenvalue weighted by Gasteiger charge is -2.16. The maximum atomic E-state index is 13.8. The van der Waals surface area contributed by atoms with E-state index in [1.54, 1.807) is 48.7 Å². The number of carbonyl (C=O) groups is 2. The molecule has 4 aromatic heterocycles. The number of carboxylic acid groups (broad SMARTS) is 1. The molecule has 10 rings (SSSR count). The third-order valence-corrected chi connectivity index (χ3v) is 13.9. The zero-order valence-electron chi connectivity index (χ0n) is 35.2. The molecule has 8 nitrogen and oxygen atoms in total. The minimum absolute atomic E-state index is 0.206. The molecule has 0 bridgehead atoms. The SMILES string of the molecule is C#Cc1ccc(CC(=O)CC2C[C@@H]3CC(c4ccnc5ccc(F)cc45)C[C@@H]3C2)cn1.C#Cc1ccc(N)cn1.O=C(O)CC1C[C@@H]2CC(c3ccnc4ccc(F)cc34)C[C@@H]2C1. The van der Waals surface area contributed by atoms with Crippen molar-refractivity contribution < 1.29 is 23.5 Å². The Morgan fingerprint density at radius 1 is 0.619 bits per heavy atom. The highest BCUT2D eigenvalue weighted by atomic mass is 19.1. The zero-order valence-corrected chi connectivity index (χ0v) is 35.2. The Morgan fingerprint density at radius 2 is 1.10 bits per heavy atom. The number of nitrogen functional groups attached to an aromatic ring is 1. The Hall–Kier alpha value is -6.52. The molecule has 0 aliphatic heterocycles. The summed E-state index contributed by atoms with van der Waals surface area (Å²) in [6, 6.07) is 20.9. The van der Waals surface area contributed by atoms with E-state index in [0.29, 0.717) is 83.7 Å². The van der Waals surface area contributed by atoms with Crippen LogP contribution in [0.5, 0.6) is 0 Å². The second kappa shape index (κ2) is 19.3. The Balaban J connectivity index is 0.000000149. The maximum Gasteiger partial charge on any atom is 0.303 e. The van der Waals surface area contributed by atoms with Crippen molar-refractivity contribution in [2.75, 3.05) is 5.73 Å². The number of carbonyl (C=O) groups excluding carboxylic acids is 1. The summed E-state index contributed by atoms with van der Waals surface area (Å²) in [5.74, 6) is 8.38. The molecule has 4 unspecified atom stereocenters. The van der Waals surface area contributed by atoms with Crippen molar-refractivity contribution in [2.45, 2.75) is 82.5 Å². The number of fused-ring (bicyclic) bond motifs is 4. The molecule has 4 fully saturated rings. The molecule has 4 saturated carbocycles. The van der Waals surface area contributed by atoms with E-state index >= 15 is 0 Å². The third-order valence-electron chi connectivity index (χ3n) is 13.9. The lowest BCUT2D eigenvalue weighted by atomic mass is 9.89. The molecule has 320 valence electrons. The molecule has 8 atom stereocenters. The van der Waals surface area contributed by atoms with Crippen LogP contribution in [0.1, 0.15) is 104 Å². The minimum atomic E-state index is -0.679. The number of benzene rings is 2. The number of terminal acetylenes is 2. The number of aromatic nitrogens is 4. The molecular weight excluding hydrogens is 793 g/mol. The number of rotatable bonds is 8. The summed E-state index contributed by atoms with van der Waals surface area (Å²) in [4.78, 5) is 40.2. The Bertz CT molecular complexity index is 2660. The van der Waals surface area contributed by atoms with Gasteiger partial charge in [-0.05, 0) is 182 Å². The smallest absolute Gasteiger partial charge is 0.303 e. The van der Waals surface area contributed by atoms with Crippen molar-refractivity contribution in [1.29, 1.82) is 0 Å². The van der Waals surface area contributed by atoms with Crippen LogP contribution >= 0.6 is 0 Å². The van der Waals surface area contributed by atoms with Gasteiger partial charge in [0, 0.05) is 48.6 Å². The van der Waals surface area contributed by atoms with E-state index in [9.17, 15) is 18.4 Å². The highest BCUT2D eigenvalue weighted by molar-refractivity contribution is 5.84. The largest absolute Gasteiger partial charge is 0.481 e. The van der Waals surface area contributed by atoms with Crippen LogP contribution in [0.3, 0.4) is 0 Å². The molecule has 4 heterocycles. The fourth-order valence-corrected chi connectivity index (χ4v) is 11.3. The van der Waals surface area contributed by atoms with Gasteiger partial charge in [-0.1, -0.05) is 17.9 Å². The first-order chi connectivity index (χ1) is 30.5. The number of ketones is 1. The number of nitrogens with zero attached hydrogens (tertiary/aromatic N) is 4. The van der Waals surface area contributed by atoms with Crippen molar-refractivity contribution in [3.05, 3.63) is 137 Å². The second-order valence-corrected chi connectivity index (χ2v) is 18.0. The van der Waals surface area contributed by atoms with Crippen LogP contribution in [0, 0.1) is 71.8 Å². The van der Waals surface area contributed by atoms with Crippen LogP contribution in [-0.2, 0) is 16.0 Å². The van der Waals surface area contributed by atoms with Crippen LogP contribution in [0.2, 0.25) is 0 Å². The summed E-state index contributed by atoms with van der Waals surface area (Å²) >= 11 is 0. The van der Waals surface area contributed by atoms with Crippen molar-refractivity contribution in [3.63, 3.8) is 0 Å². The molecule has 63 heavy (non-hydrogen) atoms. The highest BCUT2D eigenvalue weighted by Gasteiger charge is 2.44. The summed E-state index contributed by atoms with van der Waals surface area (Å²) in [5.41, 5.74) is 12.3. The molecule has 3 N–H and O–H groups in total. The van der Waals surface area contributed by atoms with E-state index < -0.39 is 5.97 Å². The first kappa shape index (κ1) is 43.1. The number of halogens is 2. The van der Waals surface area contributed by atoms with E-state index in [2.05, 4.69) is 37.8 Å². The Labute approximate surface area is 367 Å². The number of anilines is 1. The topological polar surface area (TPSA) is 132 Å². The number of aliphatic carboxylic acids is 1. The molecular formula is C53H51F2N5O3. The van der Waals surface area contributed by atoms with Crippen LogP contribution in [0.25, 0.3) is 21.8 Å². The molecule has 0 amide bonds. The summed E-state index contributed by atoms with van der Waals surface area (Å²) in [6.45, 7) is 0. The second-order valence-electron chi connectivity index (χ2n) is 18.0. The van der Waals surface area contributed by atoms with Gasteiger partial charge in [-0.3, -0.25) is 19.6 Å². The standard InChI is InChI=1S/C27H25FN2O.C19H20FNO2.C7H6N2/c1-2-23-5-3-17(16-30-23)11-24(31)12-18-9-19-13-21(14-20(19)10-18)25-7-8-29-27-6-4-22(28)15-26(25)27;20-15-1-2-18-17(10-15)16(3-4-21-18)14-8-12-5-11(7-19(22)23)6-13(12)9-14;1-2-7-4-3-6(8)5-9-7/h1,3-8,15-16,18-21H,9-14H2;1-4,10-14H,5-9H2,(H,22,23);1,3-5H,8H2/t18?,19-,20+,21?;11?,12-,13+,14?;. The van der Waals surface area contributed by atoms with E-state index in [-0.39, 0.29) is 17.4 Å². The Kier molecular flexibility index (Phi) is 13.2. The Morgan fingerprint density at radius 3 is 1.52 bits per heavy atom. The number of hydrogen-bond donors (Lipinski definition) is 2. The highest BCUT2D eigenvalue weighted by Crippen LogP contribution is 2.55. The molecule has 6 aromatic rings. The normalized spacial score (nSPS) is 24.3. The van der Waals surface area contributed by atoms with Gasteiger partial charge in [-0.2, -0.15) is 0 Å². The van der Waals surface area contributed by atoms with Crippen LogP contribution in [0.4, 0.5) is 14.5 Å². The number of pyridine rings is 4. The summed E-state index contributed by atoms with van der Waals surface area (Å²) in [6.07, 6.45) is 27.4. The van der Waals surface area contributed by atoms with Gasteiger partial charge >= 0.3 is 5.97 Å². The fourth-order valence-electron chi connectivity index (χ4n) is 11.3. The number of nitrogens with two attached hydrogens (primary N) is 1. The molecule has 4 aliphatic rings. The van der Waals surface area contributed by atoms with Gasteiger partial charge in [0.1, 0.15) is 28.8 Å². The number of hydrogen-bond acceptors (Lipinski definition) is 7. The van der Waals surface area contributed by atoms with Gasteiger partial charge in [0.2, 0.25) is 0 Å². The average molecular weight is 844 g/mol. The molecule has 4 aliphatic carbocycles. The van der Waals surface area contributed by atoms with E-state index in [0.717, 1.165) is 78.7 Å². The van der Waals surface area contributed by atoms with Gasteiger partial charge in [0.25, 0.3) is 0 Å². The fraction of sp³-hybridized carbons (Fsp3) is 0.358. The van der Waals surface area contributed by atoms with Gasteiger partial charge in [-0.25, -0.2) is 18.7 Å². The molecule has 10 heteroatoms. The van der Waals surface area contributed by atoms with Crippen molar-refractivity contribution >= 4 is 39.2 Å². The monoisotopic (exact) mass is 843 g/mol. The first-order valence-corrected chi connectivity index (χ1v) is 21.9. The van der Waals surface area contributed by atoms with E-state index in [4.69, 9.17) is 23.7 Å². The van der Waals surface area contributed by atoms with Gasteiger partial charge in [0.05, 0.1) is 22.9 Å². The molecule has 0 spiro atoms. The predicted molar refractivity (Wildman–Crippen MR) is 241 cm³/mol. The van der Waals surface area contributed by atoms with E-state index in [1.165, 1.54) is 29.5 Å². The lowest BCUT2D eigenvalue weighted by Crippen LogP contribution is -2.10. The first-order valence-electron chi connectivity index (χ1n) is 21.9. The van der Waals surface area contributed by atoms with Crippen molar-refractivity contribution in [3.8, 4) is 24.7 Å². The van der Waals surface area contributed by atoms with Crippen LogP contribution < -0.4 is 5.73 Å². The van der Waals surface area contributed by atoms with Gasteiger partial charge in [-0.15, -0.1) is 12.8 Å². The predicted octanol–water partition coefficient (Wildman–Crippen LogP) is 10.5. The van der Waals surface area contributed by atoms with Crippen LogP contribution in [-0.4, -0.2) is 36.8 Å². The van der Waals surface area contributed by atoms with Crippen molar-refractivity contribution in [2.24, 2.45) is 35.5 Å². The van der Waals surface area contributed by atoms with E-state index in [1.807, 2.05) is 24.5 Å². The number of Topliss-reactive ketones (excluding diaryl/α,β-unsaturated/α-hetero) is 1. The quantitative estimate of drug-likeness (QED) is 0.145. The van der Waals surface area contributed by atoms with Gasteiger partial charge in [0.15, 0.2) is 0 Å². The van der Waals surface area contributed by atoms with Gasteiger partial charge < -0.3 is 10.8 Å². The molecule has 0 saturated heterocycles. The summed E-state index contributed by atoms with van der Waals surface area (Å²) in [7, 11) is 0. The summed E-state index contributed by atoms with van der Waals surface area (Å²) < 4.78 is 27.5. The summed E-state index contributed by atoms with van der Waals surface area (Å²) in [5, 5.41) is 10.8. The maximum absolute atomic E-state index is 13.8. The third kappa shape index (κ3) is 10.4. The van der Waals surface area contributed by atoms with Crippen LogP contribution in [0.15, 0.2) is 97.6 Å². The molecule has 0 radical (unpaired) electrons. The lowest BCUT2D eigenvalue weighted by molar-refractivity contribution is -0.138. The zero-order chi connectivity index (χ0) is 44.0.